The minimum atomic E-state index is 0.0526. The molecule has 4 fully saturated rings. The second-order valence-corrected chi connectivity index (χ2v) is 8.90. The molecule has 4 saturated carbocycles. The van der Waals surface area contributed by atoms with Gasteiger partial charge in [-0.05, 0) is 86.8 Å². The molecule has 1 aromatic carbocycles. The van der Waals surface area contributed by atoms with Crippen molar-refractivity contribution >= 4 is 11.6 Å². The van der Waals surface area contributed by atoms with Crippen LogP contribution in [-0.2, 0) is 4.79 Å². The van der Waals surface area contributed by atoms with Gasteiger partial charge in [-0.15, -0.1) is 0 Å². The number of nitrogens with one attached hydrogen (secondary N) is 1. The number of carbonyl (C=O) groups is 1. The number of methoxy groups -OCH3 is 2. The number of amides is 1. The summed E-state index contributed by atoms with van der Waals surface area (Å²) in [4.78, 5) is 12.6. The highest BCUT2D eigenvalue weighted by molar-refractivity contribution is 5.99. The first-order valence-electron chi connectivity index (χ1n) is 10.1. The molecule has 1 amide bonds. The van der Waals surface area contributed by atoms with Crippen LogP contribution in [0.5, 0.6) is 11.5 Å². The van der Waals surface area contributed by atoms with Gasteiger partial charge in [0.25, 0.3) is 0 Å². The molecular formula is C22H30N2O3. The number of benzene rings is 1. The summed E-state index contributed by atoms with van der Waals surface area (Å²) in [5, 5.41) is 4.34. The first kappa shape index (κ1) is 18.3. The van der Waals surface area contributed by atoms with E-state index in [0.29, 0.717) is 17.9 Å². The maximum atomic E-state index is 12.6. The van der Waals surface area contributed by atoms with Crippen LogP contribution in [0.1, 0.15) is 57.4 Å². The van der Waals surface area contributed by atoms with Gasteiger partial charge in [0.2, 0.25) is 5.91 Å². The van der Waals surface area contributed by atoms with Crippen LogP contribution in [0.3, 0.4) is 0 Å². The average Bonchev–Trinajstić information content (AvgIpc) is 2.64. The molecule has 0 aromatic heterocycles. The van der Waals surface area contributed by atoms with Crippen LogP contribution in [0.4, 0.5) is 0 Å². The van der Waals surface area contributed by atoms with E-state index in [1.165, 1.54) is 38.5 Å². The molecule has 27 heavy (non-hydrogen) atoms. The number of carbonyl (C=O) groups excluding carboxylic acids is 1. The van der Waals surface area contributed by atoms with Crippen LogP contribution < -0.4 is 14.9 Å². The van der Waals surface area contributed by atoms with Crippen molar-refractivity contribution in [2.45, 2.75) is 51.9 Å². The molecule has 0 radical (unpaired) electrons. The lowest BCUT2D eigenvalue weighted by atomic mass is 9.49. The van der Waals surface area contributed by atoms with Crippen molar-refractivity contribution in [3.63, 3.8) is 0 Å². The van der Waals surface area contributed by atoms with Gasteiger partial charge in [0, 0.05) is 12.0 Å². The van der Waals surface area contributed by atoms with Crippen LogP contribution >= 0.6 is 0 Å². The van der Waals surface area contributed by atoms with Crippen molar-refractivity contribution in [3.8, 4) is 11.5 Å². The predicted molar refractivity (Wildman–Crippen MR) is 105 cm³/mol. The third-order valence-electron chi connectivity index (χ3n) is 6.85. The summed E-state index contributed by atoms with van der Waals surface area (Å²) in [6.45, 7) is 1.90. The minimum absolute atomic E-state index is 0.0526. The third-order valence-corrected chi connectivity index (χ3v) is 6.85. The molecule has 0 aliphatic heterocycles. The van der Waals surface area contributed by atoms with Crippen molar-refractivity contribution in [1.82, 2.24) is 5.43 Å². The first-order chi connectivity index (χ1) is 13.0. The van der Waals surface area contributed by atoms with Crippen molar-refractivity contribution in [2.75, 3.05) is 14.2 Å². The van der Waals surface area contributed by atoms with Gasteiger partial charge >= 0.3 is 0 Å². The molecular weight excluding hydrogens is 340 g/mol. The van der Waals surface area contributed by atoms with Crippen LogP contribution in [0, 0.1) is 23.2 Å². The number of hydrogen-bond donors (Lipinski definition) is 1. The lowest BCUT2D eigenvalue weighted by Gasteiger charge is -2.56. The van der Waals surface area contributed by atoms with E-state index in [1.54, 1.807) is 14.2 Å². The predicted octanol–water partition coefficient (Wildman–Crippen LogP) is 4.15. The van der Waals surface area contributed by atoms with Gasteiger partial charge < -0.3 is 9.47 Å². The summed E-state index contributed by atoms with van der Waals surface area (Å²) < 4.78 is 10.6. The standard InChI is InChI=1S/C22H30N2O3/c1-14(18-4-5-19(26-2)20(9-18)27-3)23-24-21(25)13-22-10-15-6-16(11-22)8-17(7-15)12-22/h4-5,9,15-17H,6-8,10-13H2,1-3H3,(H,24,25)/b23-14-. The molecule has 5 nitrogen and oxygen atoms in total. The smallest absolute Gasteiger partial charge is 0.240 e. The second kappa shape index (κ2) is 7.17. The van der Waals surface area contributed by atoms with Gasteiger partial charge in [0.15, 0.2) is 11.5 Å². The number of hydrogen-bond acceptors (Lipinski definition) is 4. The quantitative estimate of drug-likeness (QED) is 0.604. The van der Waals surface area contributed by atoms with Gasteiger partial charge in [-0.1, -0.05) is 0 Å². The van der Waals surface area contributed by atoms with Gasteiger partial charge in [-0.3, -0.25) is 4.79 Å². The van der Waals surface area contributed by atoms with Gasteiger partial charge in [-0.2, -0.15) is 5.10 Å². The molecule has 4 bridgehead atoms. The average molecular weight is 370 g/mol. The summed E-state index contributed by atoms with van der Waals surface area (Å²) in [5.74, 6) is 3.98. The molecule has 0 heterocycles. The normalized spacial score (nSPS) is 31.7. The summed E-state index contributed by atoms with van der Waals surface area (Å²) in [7, 11) is 3.23. The van der Waals surface area contributed by atoms with E-state index in [0.717, 1.165) is 29.0 Å². The Kier molecular flexibility index (Phi) is 4.87. The zero-order valence-corrected chi connectivity index (χ0v) is 16.6. The molecule has 4 aliphatic rings. The van der Waals surface area contributed by atoms with E-state index in [2.05, 4.69) is 10.5 Å². The molecule has 0 atom stereocenters. The Balaban J connectivity index is 1.40. The molecule has 4 aliphatic carbocycles. The SMILES string of the molecule is COc1ccc(/C(C)=N\NC(=O)CC23CC4CC(CC(C4)C2)C3)cc1OC. The van der Waals surface area contributed by atoms with Crippen LogP contribution in [0.2, 0.25) is 0 Å². The first-order valence-corrected chi connectivity index (χ1v) is 10.1. The van der Waals surface area contributed by atoms with E-state index < -0.39 is 0 Å². The Morgan fingerprint density at radius 3 is 2.22 bits per heavy atom. The summed E-state index contributed by atoms with van der Waals surface area (Å²) in [6.07, 6.45) is 8.55. The lowest BCUT2D eigenvalue weighted by Crippen LogP contribution is -2.47. The fourth-order valence-corrected chi connectivity index (χ4v) is 6.16. The maximum Gasteiger partial charge on any atom is 0.240 e. The zero-order valence-electron chi connectivity index (χ0n) is 16.6. The zero-order chi connectivity index (χ0) is 19.0. The minimum Gasteiger partial charge on any atom is -0.493 e. The monoisotopic (exact) mass is 370 g/mol. The summed E-state index contributed by atoms with van der Waals surface area (Å²) >= 11 is 0. The highest BCUT2D eigenvalue weighted by Crippen LogP contribution is 2.61. The molecule has 0 saturated heterocycles. The Hall–Kier alpha value is -2.04. The third kappa shape index (κ3) is 3.69. The maximum absolute atomic E-state index is 12.6. The van der Waals surface area contributed by atoms with Crippen LogP contribution in [0.25, 0.3) is 0 Å². The highest BCUT2D eigenvalue weighted by Gasteiger charge is 2.51. The Bertz CT molecular complexity index is 721. The second-order valence-electron chi connectivity index (χ2n) is 8.90. The Labute approximate surface area is 161 Å². The van der Waals surface area contributed by atoms with Gasteiger partial charge in [0.05, 0.1) is 19.9 Å². The number of nitrogens with zero attached hydrogens (tertiary/aromatic N) is 1. The van der Waals surface area contributed by atoms with Gasteiger partial charge in [0.1, 0.15) is 0 Å². The number of rotatable bonds is 6. The molecule has 1 N–H and O–H groups in total. The lowest BCUT2D eigenvalue weighted by molar-refractivity contribution is -0.129. The molecule has 146 valence electrons. The van der Waals surface area contributed by atoms with E-state index >= 15 is 0 Å². The summed E-state index contributed by atoms with van der Waals surface area (Å²) in [5.41, 5.74) is 4.71. The van der Waals surface area contributed by atoms with Crippen molar-refractivity contribution < 1.29 is 14.3 Å². The van der Waals surface area contributed by atoms with Crippen molar-refractivity contribution in [1.29, 1.82) is 0 Å². The van der Waals surface area contributed by atoms with E-state index in [9.17, 15) is 4.79 Å². The molecule has 5 heteroatoms. The van der Waals surface area contributed by atoms with Crippen molar-refractivity contribution in [3.05, 3.63) is 23.8 Å². The van der Waals surface area contributed by atoms with E-state index in [-0.39, 0.29) is 11.3 Å². The summed E-state index contributed by atoms with van der Waals surface area (Å²) in [6, 6.07) is 5.65. The number of ether oxygens (including phenoxy) is 2. The molecule has 1 aromatic rings. The van der Waals surface area contributed by atoms with Crippen LogP contribution in [-0.4, -0.2) is 25.8 Å². The van der Waals surface area contributed by atoms with Crippen molar-refractivity contribution in [2.24, 2.45) is 28.3 Å². The van der Waals surface area contributed by atoms with E-state index in [1.807, 2.05) is 25.1 Å². The Morgan fingerprint density at radius 1 is 1.07 bits per heavy atom. The topological polar surface area (TPSA) is 59.9 Å². The van der Waals surface area contributed by atoms with Crippen LogP contribution in [0.15, 0.2) is 23.3 Å². The number of hydrazone groups is 1. The molecule has 5 rings (SSSR count). The van der Waals surface area contributed by atoms with E-state index in [4.69, 9.17) is 9.47 Å². The molecule has 0 unspecified atom stereocenters. The van der Waals surface area contributed by atoms with Gasteiger partial charge in [-0.25, -0.2) is 5.43 Å². The largest absolute Gasteiger partial charge is 0.493 e. The highest BCUT2D eigenvalue weighted by atomic mass is 16.5. The fourth-order valence-electron chi connectivity index (χ4n) is 6.16. The Morgan fingerprint density at radius 2 is 1.67 bits per heavy atom. The molecule has 0 spiro atoms. The fraction of sp³-hybridized carbons (Fsp3) is 0.636.